The van der Waals surface area contributed by atoms with Crippen molar-refractivity contribution >= 4 is 23.5 Å². The van der Waals surface area contributed by atoms with Crippen LogP contribution in [0.25, 0.3) is 0 Å². The van der Waals surface area contributed by atoms with E-state index < -0.39 is 11.9 Å². The molecule has 0 unspecified atom stereocenters. The first kappa shape index (κ1) is 14.8. The predicted octanol–water partition coefficient (Wildman–Crippen LogP) is 0.100. The molecule has 80 valence electrons. The molecule has 6 heteroatoms. The molecule has 0 aromatic heterocycles. The number of aliphatic carboxylic acids is 2. The second-order valence-electron chi connectivity index (χ2n) is 2.40. The van der Waals surface area contributed by atoms with Crippen molar-refractivity contribution in [3.8, 4) is 0 Å². The maximum Gasteiger partial charge on any atom is 0.303 e. The van der Waals surface area contributed by atoms with Gasteiger partial charge in [-0.2, -0.15) is 0 Å². The number of carbonyl (C=O) groups excluding carboxylic acids is 2. The SMILES string of the molecule is CC(=O)C(C)=O.O=C(O)CCC(=O)O. The van der Waals surface area contributed by atoms with Crippen LogP contribution in [0.5, 0.6) is 0 Å². The van der Waals surface area contributed by atoms with Gasteiger partial charge in [-0.05, 0) is 0 Å². The van der Waals surface area contributed by atoms with Crippen LogP contribution in [0.2, 0.25) is 0 Å². The first-order valence-corrected chi connectivity index (χ1v) is 3.72. The van der Waals surface area contributed by atoms with Crippen LogP contribution in [0.1, 0.15) is 26.7 Å². The lowest BCUT2D eigenvalue weighted by molar-refractivity contribution is -0.143. The minimum Gasteiger partial charge on any atom is -0.481 e. The molecule has 0 spiro atoms. The molecular weight excluding hydrogens is 192 g/mol. The second kappa shape index (κ2) is 7.90. The van der Waals surface area contributed by atoms with Crippen molar-refractivity contribution in [2.24, 2.45) is 0 Å². The van der Waals surface area contributed by atoms with Gasteiger partial charge in [-0.15, -0.1) is 0 Å². The molecule has 2 N–H and O–H groups in total. The number of hydrogen-bond acceptors (Lipinski definition) is 4. The van der Waals surface area contributed by atoms with Crippen LogP contribution in [-0.4, -0.2) is 33.7 Å². The van der Waals surface area contributed by atoms with Crippen molar-refractivity contribution in [2.75, 3.05) is 0 Å². The molecule has 0 saturated heterocycles. The summed E-state index contributed by atoms with van der Waals surface area (Å²) in [6.07, 6.45) is -0.593. The van der Waals surface area contributed by atoms with Crippen molar-refractivity contribution in [3.05, 3.63) is 0 Å². The van der Waals surface area contributed by atoms with Gasteiger partial charge in [0.1, 0.15) is 0 Å². The van der Waals surface area contributed by atoms with Gasteiger partial charge < -0.3 is 10.2 Å². The van der Waals surface area contributed by atoms with Crippen LogP contribution in [0, 0.1) is 0 Å². The Balaban J connectivity index is 0. The molecule has 0 heterocycles. The molecule has 0 aromatic rings. The molecule has 14 heavy (non-hydrogen) atoms. The fourth-order valence-corrected chi connectivity index (χ4v) is 0.214. The summed E-state index contributed by atoms with van der Waals surface area (Å²) in [5.74, 6) is -2.91. The molecule has 0 bridgehead atoms. The van der Waals surface area contributed by atoms with Crippen LogP contribution in [-0.2, 0) is 19.2 Å². The molecule has 0 atom stereocenters. The summed E-state index contributed by atoms with van der Waals surface area (Å²) in [6, 6.07) is 0. The van der Waals surface area contributed by atoms with Crippen LogP contribution in [0.4, 0.5) is 0 Å². The topological polar surface area (TPSA) is 109 Å². The van der Waals surface area contributed by atoms with Crippen molar-refractivity contribution in [3.63, 3.8) is 0 Å². The monoisotopic (exact) mass is 204 g/mol. The molecule has 0 aliphatic carbocycles. The maximum atomic E-state index is 9.79. The molecule has 0 fully saturated rings. The van der Waals surface area contributed by atoms with E-state index in [-0.39, 0.29) is 24.4 Å². The summed E-state index contributed by atoms with van der Waals surface area (Å²) < 4.78 is 0. The van der Waals surface area contributed by atoms with Gasteiger partial charge in [-0.25, -0.2) is 0 Å². The number of ketones is 2. The van der Waals surface area contributed by atoms with Crippen LogP contribution < -0.4 is 0 Å². The summed E-state index contributed by atoms with van der Waals surface area (Å²) in [4.78, 5) is 38.9. The maximum absolute atomic E-state index is 9.79. The van der Waals surface area contributed by atoms with Crippen molar-refractivity contribution in [1.82, 2.24) is 0 Å². The number of carboxylic acids is 2. The zero-order valence-electron chi connectivity index (χ0n) is 7.94. The molecule has 0 rings (SSSR count). The van der Waals surface area contributed by atoms with E-state index >= 15 is 0 Å². The highest BCUT2D eigenvalue weighted by atomic mass is 16.4. The summed E-state index contributed by atoms with van der Waals surface area (Å²) >= 11 is 0. The number of rotatable bonds is 4. The van der Waals surface area contributed by atoms with E-state index in [9.17, 15) is 19.2 Å². The highest BCUT2D eigenvalue weighted by Gasteiger charge is 2.00. The van der Waals surface area contributed by atoms with Gasteiger partial charge in [0, 0.05) is 13.8 Å². The minimum atomic E-state index is -1.08. The third kappa shape index (κ3) is 16.7. The van der Waals surface area contributed by atoms with Gasteiger partial charge in [-0.1, -0.05) is 0 Å². The van der Waals surface area contributed by atoms with Crippen LogP contribution in [0.15, 0.2) is 0 Å². The Kier molecular flexibility index (Phi) is 8.35. The predicted molar refractivity (Wildman–Crippen MR) is 45.9 cm³/mol. The average molecular weight is 204 g/mol. The molecule has 0 radical (unpaired) electrons. The molecule has 0 amide bonds. The normalized spacial score (nSPS) is 8.14. The van der Waals surface area contributed by atoms with Gasteiger partial charge in [0.2, 0.25) is 0 Å². The van der Waals surface area contributed by atoms with Crippen molar-refractivity contribution in [2.45, 2.75) is 26.7 Å². The number of carbonyl (C=O) groups is 4. The number of carboxylic acid groups (broad SMARTS) is 2. The van der Waals surface area contributed by atoms with Crippen molar-refractivity contribution in [1.29, 1.82) is 0 Å². The van der Waals surface area contributed by atoms with Gasteiger partial charge in [0.25, 0.3) is 0 Å². The second-order valence-corrected chi connectivity index (χ2v) is 2.40. The first-order chi connectivity index (χ1) is 6.27. The lowest BCUT2D eigenvalue weighted by Gasteiger charge is -1.85. The molecule has 0 saturated carbocycles. The van der Waals surface area contributed by atoms with E-state index in [0.29, 0.717) is 0 Å². The molecule has 0 aromatic carbocycles. The lowest BCUT2D eigenvalue weighted by atomic mass is 10.3. The van der Waals surface area contributed by atoms with Crippen LogP contribution in [0.3, 0.4) is 0 Å². The average Bonchev–Trinajstić information content (AvgIpc) is 2.01. The Hall–Kier alpha value is -1.72. The van der Waals surface area contributed by atoms with E-state index in [2.05, 4.69) is 0 Å². The third-order valence-electron chi connectivity index (χ3n) is 1.05. The quantitative estimate of drug-likeness (QED) is 0.628. The van der Waals surface area contributed by atoms with Gasteiger partial charge in [0.15, 0.2) is 11.6 Å². The van der Waals surface area contributed by atoms with Gasteiger partial charge in [-0.3, -0.25) is 19.2 Å². The Morgan fingerprint density at radius 2 is 1.00 bits per heavy atom. The smallest absolute Gasteiger partial charge is 0.303 e. The van der Waals surface area contributed by atoms with Gasteiger partial charge >= 0.3 is 11.9 Å². The van der Waals surface area contributed by atoms with Crippen molar-refractivity contribution < 1.29 is 29.4 Å². The summed E-state index contributed by atoms with van der Waals surface area (Å²) in [5, 5.41) is 15.8. The van der Waals surface area contributed by atoms with E-state index in [0.717, 1.165) is 0 Å². The zero-order chi connectivity index (χ0) is 11.7. The molecule has 0 aliphatic heterocycles. The number of hydrogen-bond donors (Lipinski definition) is 2. The molecule has 0 aliphatic rings. The highest BCUT2D eigenvalue weighted by molar-refractivity contribution is 6.35. The summed E-state index contributed by atoms with van der Waals surface area (Å²) in [5.41, 5.74) is 0. The highest BCUT2D eigenvalue weighted by Crippen LogP contribution is 1.86. The standard InChI is InChI=1S/C4H6O4.C4H6O2/c5-3(6)1-2-4(7)8;1-3(5)4(2)6/h1-2H2,(H,5,6)(H,7,8);1-2H3. The Bertz CT molecular complexity index is 216. The van der Waals surface area contributed by atoms with E-state index in [1.807, 2.05) is 0 Å². The van der Waals surface area contributed by atoms with Crippen LogP contribution >= 0.6 is 0 Å². The third-order valence-corrected chi connectivity index (χ3v) is 1.05. The van der Waals surface area contributed by atoms with E-state index in [1.165, 1.54) is 13.8 Å². The molecular formula is C8H12O6. The Labute approximate surface area is 80.5 Å². The van der Waals surface area contributed by atoms with E-state index in [1.54, 1.807) is 0 Å². The summed E-state index contributed by atoms with van der Waals surface area (Å²) in [6.45, 7) is 2.50. The number of Topliss-reactive ketones (excluding diaryl/α,β-unsaturated/α-hetero) is 2. The van der Waals surface area contributed by atoms with Gasteiger partial charge in [0.05, 0.1) is 12.8 Å². The summed E-state index contributed by atoms with van der Waals surface area (Å²) in [7, 11) is 0. The fourth-order valence-electron chi connectivity index (χ4n) is 0.214. The first-order valence-electron chi connectivity index (χ1n) is 3.72. The lowest BCUT2D eigenvalue weighted by Crippen LogP contribution is -2.01. The zero-order valence-corrected chi connectivity index (χ0v) is 7.94. The molecule has 6 nitrogen and oxygen atoms in total. The minimum absolute atomic E-state index is 0.296. The Morgan fingerprint density at radius 3 is 1.07 bits per heavy atom. The largest absolute Gasteiger partial charge is 0.481 e. The van der Waals surface area contributed by atoms with E-state index in [4.69, 9.17) is 10.2 Å². The fraction of sp³-hybridized carbons (Fsp3) is 0.500. The Morgan fingerprint density at radius 1 is 0.786 bits per heavy atom.